The van der Waals surface area contributed by atoms with Gasteiger partial charge < -0.3 is 14.2 Å². The van der Waals surface area contributed by atoms with Gasteiger partial charge in [-0.25, -0.2) is 0 Å². The van der Waals surface area contributed by atoms with E-state index in [4.69, 9.17) is 14.2 Å². The molecule has 0 spiro atoms. The monoisotopic (exact) mass is 464 g/mol. The molecule has 0 bridgehead atoms. The Morgan fingerprint density at radius 2 is 1.50 bits per heavy atom. The summed E-state index contributed by atoms with van der Waals surface area (Å²) < 4.78 is 18.4. The van der Waals surface area contributed by atoms with Crippen molar-refractivity contribution in [1.82, 2.24) is 0 Å². The van der Waals surface area contributed by atoms with E-state index in [1.54, 1.807) is 5.56 Å². The highest BCUT2D eigenvalue weighted by atomic mass is 16.7. The summed E-state index contributed by atoms with van der Waals surface area (Å²) in [6.45, 7) is 6.70. The SMILES string of the molecule is CCCCCOc1ccc([C@H]2OC[C@H](c3ccc(CCCC)cc3C3CCCCC3)CO2)cc1. The van der Waals surface area contributed by atoms with E-state index in [2.05, 4.69) is 44.2 Å². The summed E-state index contributed by atoms with van der Waals surface area (Å²) >= 11 is 0. The maximum Gasteiger partial charge on any atom is 0.183 e. The number of hydrogen-bond donors (Lipinski definition) is 0. The third-order valence-corrected chi connectivity index (χ3v) is 7.52. The summed E-state index contributed by atoms with van der Waals surface area (Å²) in [5, 5.41) is 0. The predicted molar refractivity (Wildman–Crippen MR) is 140 cm³/mol. The van der Waals surface area contributed by atoms with Crippen LogP contribution in [-0.2, 0) is 15.9 Å². The van der Waals surface area contributed by atoms with Crippen molar-refractivity contribution in [1.29, 1.82) is 0 Å². The van der Waals surface area contributed by atoms with Crippen LogP contribution >= 0.6 is 0 Å². The van der Waals surface area contributed by atoms with E-state index < -0.39 is 0 Å². The number of rotatable bonds is 11. The summed E-state index contributed by atoms with van der Waals surface area (Å²) in [6.07, 6.45) is 13.7. The van der Waals surface area contributed by atoms with E-state index in [-0.39, 0.29) is 6.29 Å². The van der Waals surface area contributed by atoms with Crippen LogP contribution in [0.3, 0.4) is 0 Å². The van der Waals surface area contributed by atoms with Crippen LogP contribution < -0.4 is 4.74 Å². The maximum absolute atomic E-state index is 6.26. The Balaban J connectivity index is 1.38. The highest BCUT2D eigenvalue weighted by molar-refractivity contribution is 5.38. The van der Waals surface area contributed by atoms with E-state index >= 15 is 0 Å². The van der Waals surface area contributed by atoms with Gasteiger partial charge in [0.15, 0.2) is 6.29 Å². The minimum atomic E-state index is -0.285. The van der Waals surface area contributed by atoms with Crippen LogP contribution in [0.15, 0.2) is 42.5 Å². The van der Waals surface area contributed by atoms with Crippen molar-refractivity contribution >= 4 is 0 Å². The predicted octanol–water partition coefficient (Wildman–Crippen LogP) is 8.48. The van der Waals surface area contributed by atoms with Gasteiger partial charge in [0.25, 0.3) is 0 Å². The zero-order chi connectivity index (χ0) is 23.6. The zero-order valence-corrected chi connectivity index (χ0v) is 21.4. The fourth-order valence-electron chi connectivity index (χ4n) is 5.44. The van der Waals surface area contributed by atoms with Crippen LogP contribution in [-0.4, -0.2) is 19.8 Å². The van der Waals surface area contributed by atoms with Crippen molar-refractivity contribution in [2.75, 3.05) is 19.8 Å². The lowest BCUT2D eigenvalue weighted by Gasteiger charge is -2.33. The lowest BCUT2D eigenvalue weighted by atomic mass is 9.78. The van der Waals surface area contributed by atoms with Crippen LogP contribution in [0.2, 0.25) is 0 Å². The van der Waals surface area contributed by atoms with Crippen LogP contribution in [0, 0.1) is 0 Å². The van der Waals surface area contributed by atoms with Crippen molar-refractivity contribution in [3.63, 3.8) is 0 Å². The largest absolute Gasteiger partial charge is 0.494 e. The van der Waals surface area contributed by atoms with Gasteiger partial charge in [-0.15, -0.1) is 0 Å². The molecule has 0 amide bonds. The molecule has 1 saturated carbocycles. The van der Waals surface area contributed by atoms with E-state index in [9.17, 15) is 0 Å². The van der Waals surface area contributed by atoms with Gasteiger partial charge in [-0.05, 0) is 66.8 Å². The first-order chi connectivity index (χ1) is 16.8. The molecule has 2 aromatic carbocycles. The van der Waals surface area contributed by atoms with Crippen LogP contribution in [0.25, 0.3) is 0 Å². The fourth-order valence-corrected chi connectivity index (χ4v) is 5.44. The topological polar surface area (TPSA) is 27.7 Å². The Morgan fingerprint density at radius 3 is 2.21 bits per heavy atom. The second kappa shape index (κ2) is 13.3. The third kappa shape index (κ3) is 6.86. The van der Waals surface area contributed by atoms with Crippen molar-refractivity contribution in [3.05, 3.63) is 64.7 Å². The molecule has 3 heteroatoms. The molecule has 3 nitrogen and oxygen atoms in total. The highest BCUT2D eigenvalue weighted by Crippen LogP contribution is 2.39. The van der Waals surface area contributed by atoms with E-state index in [0.29, 0.717) is 25.0 Å². The maximum atomic E-state index is 6.26. The number of hydrogen-bond acceptors (Lipinski definition) is 3. The standard InChI is InChI=1S/C31H44O3/c1-3-5-10-20-32-28-17-15-26(16-18-28)31-33-22-27(23-34-31)29-19-14-24(11-6-4-2)21-30(29)25-12-8-7-9-13-25/h14-19,21,25,27,31H,3-13,20,22-23H2,1-2H3/t27-,31-. The summed E-state index contributed by atoms with van der Waals surface area (Å²) in [5.74, 6) is 1.94. The Kier molecular flexibility index (Phi) is 9.88. The molecular weight excluding hydrogens is 420 g/mol. The molecule has 2 aromatic rings. The minimum Gasteiger partial charge on any atom is -0.494 e. The van der Waals surface area contributed by atoms with E-state index in [0.717, 1.165) is 24.3 Å². The lowest BCUT2D eigenvalue weighted by molar-refractivity contribution is -0.191. The minimum absolute atomic E-state index is 0.285. The normalized spacial score (nSPS) is 21.5. The molecule has 1 aliphatic carbocycles. The summed E-state index contributed by atoms with van der Waals surface area (Å²) in [4.78, 5) is 0. The first-order valence-corrected chi connectivity index (χ1v) is 13.9. The zero-order valence-electron chi connectivity index (χ0n) is 21.4. The van der Waals surface area contributed by atoms with Gasteiger partial charge >= 0.3 is 0 Å². The molecule has 4 rings (SSSR count). The second-order valence-corrected chi connectivity index (χ2v) is 10.2. The first kappa shape index (κ1) is 25.3. The van der Waals surface area contributed by atoms with Crippen LogP contribution in [0.5, 0.6) is 5.75 Å². The smallest absolute Gasteiger partial charge is 0.183 e. The van der Waals surface area contributed by atoms with Crippen molar-refractivity contribution in [2.24, 2.45) is 0 Å². The van der Waals surface area contributed by atoms with Gasteiger partial charge in [-0.2, -0.15) is 0 Å². The quantitative estimate of drug-likeness (QED) is 0.312. The van der Waals surface area contributed by atoms with Crippen molar-refractivity contribution in [3.8, 4) is 5.75 Å². The Labute approximate surface area is 207 Å². The van der Waals surface area contributed by atoms with Gasteiger partial charge in [-0.3, -0.25) is 0 Å². The second-order valence-electron chi connectivity index (χ2n) is 10.2. The molecule has 2 fully saturated rings. The highest BCUT2D eigenvalue weighted by Gasteiger charge is 2.28. The molecule has 0 radical (unpaired) electrons. The van der Waals surface area contributed by atoms with Crippen LogP contribution in [0.1, 0.15) is 118 Å². The summed E-state index contributed by atoms with van der Waals surface area (Å²) in [7, 11) is 0. The molecule has 186 valence electrons. The molecule has 0 atom stereocenters. The van der Waals surface area contributed by atoms with Crippen molar-refractivity contribution in [2.45, 2.75) is 103 Å². The molecule has 34 heavy (non-hydrogen) atoms. The molecule has 0 N–H and O–H groups in total. The Hall–Kier alpha value is -1.84. The molecular formula is C31H44O3. The van der Waals surface area contributed by atoms with E-state index in [1.807, 2.05) is 12.1 Å². The lowest BCUT2D eigenvalue weighted by Crippen LogP contribution is -2.27. The van der Waals surface area contributed by atoms with Gasteiger partial charge in [-0.1, -0.05) is 82.7 Å². The number of ether oxygens (including phenoxy) is 3. The fraction of sp³-hybridized carbons (Fsp3) is 0.613. The van der Waals surface area contributed by atoms with Gasteiger partial charge in [0.05, 0.1) is 19.8 Å². The molecule has 1 heterocycles. The Bertz CT molecular complexity index is 845. The number of benzene rings is 2. The van der Waals surface area contributed by atoms with Crippen molar-refractivity contribution < 1.29 is 14.2 Å². The summed E-state index contributed by atoms with van der Waals surface area (Å²) in [6, 6.07) is 15.5. The average Bonchev–Trinajstić information content (AvgIpc) is 2.91. The van der Waals surface area contributed by atoms with Gasteiger partial charge in [0, 0.05) is 11.5 Å². The van der Waals surface area contributed by atoms with Gasteiger partial charge in [0.2, 0.25) is 0 Å². The summed E-state index contributed by atoms with van der Waals surface area (Å²) in [5.41, 5.74) is 5.61. The molecule has 0 aromatic heterocycles. The van der Waals surface area contributed by atoms with E-state index in [1.165, 1.54) is 75.3 Å². The third-order valence-electron chi connectivity index (χ3n) is 7.52. The molecule has 1 saturated heterocycles. The number of unbranched alkanes of at least 4 members (excludes halogenated alkanes) is 3. The number of aryl methyl sites for hydroxylation is 1. The average molecular weight is 465 g/mol. The molecule has 1 aliphatic heterocycles. The van der Waals surface area contributed by atoms with Gasteiger partial charge in [0.1, 0.15) is 5.75 Å². The Morgan fingerprint density at radius 1 is 0.765 bits per heavy atom. The molecule has 2 aliphatic rings. The first-order valence-electron chi connectivity index (χ1n) is 13.9. The molecule has 0 unspecified atom stereocenters. The van der Waals surface area contributed by atoms with Crippen LogP contribution in [0.4, 0.5) is 0 Å².